The lowest BCUT2D eigenvalue weighted by Crippen LogP contribution is -1.81. The standard InChI is InChI=1S/C24H25N/c1-3-10-21(2)18-20-25-19-9-5-6-11-22-14-16-24(17-15-22)23-12-7-4-8-13-23/h3-4,7-8,10,12-18,20H,5,9,19H2,1-2H3/b10-3-,21-18-,25-20+. The molecular weight excluding hydrogens is 302 g/mol. The number of allylic oxidation sites excluding steroid dienone is 4. The van der Waals surface area contributed by atoms with E-state index in [1.165, 1.54) is 16.7 Å². The molecule has 0 unspecified atom stereocenters. The minimum atomic E-state index is 0.821. The van der Waals surface area contributed by atoms with Gasteiger partial charge in [-0.05, 0) is 55.2 Å². The number of hydrogen-bond acceptors (Lipinski definition) is 1. The second-order valence-electron chi connectivity index (χ2n) is 5.81. The Labute approximate surface area is 151 Å². The first kappa shape index (κ1) is 18.5. The summed E-state index contributed by atoms with van der Waals surface area (Å²) in [6, 6.07) is 18.8. The highest BCUT2D eigenvalue weighted by molar-refractivity contribution is 5.72. The molecule has 0 radical (unpaired) electrons. The first-order valence-electron chi connectivity index (χ1n) is 8.73. The summed E-state index contributed by atoms with van der Waals surface area (Å²) in [6.07, 6.45) is 9.87. The minimum Gasteiger partial charge on any atom is -0.293 e. The molecule has 2 rings (SSSR count). The molecule has 2 aromatic rings. The van der Waals surface area contributed by atoms with E-state index in [1.807, 2.05) is 31.4 Å². The summed E-state index contributed by atoms with van der Waals surface area (Å²) in [5.74, 6) is 6.46. The molecule has 0 aliphatic heterocycles. The lowest BCUT2D eigenvalue weighted by atomic mass is 10.0. The summed E-state index contributed by atoms with van der Waals surface area (Å²) in [6.45, 7) is 4.91. The van der Waals surface area contributed by atoms with Gasteiger partial charge in [0.1, 0.15) is 0 Å². The number of rotatable bonds is 6. The van der Waals surface area contributed by atoms with Gasteiger partial charge in [0.05, 0.1) is 0 Å². The van der Waals surface area contributed by atoms with E-state index < -0.39 is 0 Å². The maximum Gasteiger partial charge on any atom is 0.0398 e. The summed E-state index contributed by atoms with van der Waals surface area (Å²) < 4.78 is 0. The molecule has 0 spiro atoms. The zero-order valence-corrected chi connectivity index (χ0v) is 15.1. The molecule has 0 atom stereocenters. The number of unbranched alkanes of at least 4 members (excludes halogenated alkanes) is 1. The van der Waals surface area contributed by atoms with Crippen LogP contribution in [0.3, 0.4) is 0 Å². The van der Waals surface area contributed by atoms with Crippen molar-refractivity contribution in [2.75, 3.05) is 6.54 Å². The summed E-state index contributed by atoms with van der Waals surface area (Å²) >= 11 is 0. The van der Waals surface area contributed by atoms with Crippen molar-refractivity contribution in [2.24, 2.45) is 4.99 Å². The average molecular weight is 327 g/mol. The van der Waals surface area contributed by atoms with Gasteiger partial charge in [-0.1, -0.05) is 66.5 Å². The Morgan fingerprint density at radius 2 is 1.72 bits per heavy atom. The molecule has 2 aromatic carbocycles. The van der Waals surface area contributed by atoms with Crippen molar-refractivity contribution in [3.63, 3.8) is 0 Å². The predicted octanol–water partition coefficient (Wildman–Crippen LogP) is 6.08. The van der Waals surface area contributed by atoms with Crippen LogP contribution in [-0.2, 0) is 0 Å². The first-order chi connectivity index (χ1) is 12.3. The van der Waals surface area contributed by atoms with Crippen LogP contribution in [0.5, 0.6) is 0 Å². The van der Waals surface area contributed by atoms with Crippen LogP contribution in [0.4, 0.5) is 0 Å². The highest BCUT2D eigenvalue weighted by Crippen LogP contribution is 2.18. The molecule has 0 heterocycles. The van der Waals surface area contributed by atoms with Gasteiger partial charge in [0.25, 0.3) is 0 Å². The van der Waals surface area contributed by atoms with Gasteiger partial charge in [0, 0.05) is 24.7 Å². The lowest BCUT2D eigenvalue weighted by molar-refractivity contribution is 0.874. The van der Waals surface area contributed by atoms with E-state index in [9.17, 15) is 0 Å². The molecule has 0 bridgehead atoms. The third-order valence-electron chi connectivity index (χ3n) is 3.69. The third kappa shape index (κ3) is 7.06. The second-order valence-corrected chi connectivity index (χ2v) is 5.81. The van der Waals surface area contributed by atoms with Crippen molar-refractivity contribution in [3.8, 4) is 23.0 Å². The van der Waals surface area contributed by atoms with E-state index in [0.717, 1.165) is 24.9 Å². The van der Waals surface area contributed by atoms with Gasteiger partial charge in [-0.2, -0.15) is 0 Å². The number of nitrogens with zero attached hydrogens (tertiary/aromatic N) is 1. The van der Waals surface area contributed by atoms with Crippen LogP contribution >= 0.6 is 0 Å². The molecule has 25 heavy (non-hydrogen) atoms. The number of hydrogen-bond donors (Lipinski definition) is 0. The summed E-state index contributed by atoms with van der Waals surface area (Å²) in [7, 11) is 0. The Kier molecular flexibility index (Phi) is 8.01. The van der Waals surface area contributed by atoms with Crippen molar-refractivity contribution >= 4 is 6.21 Å². The Hall–Kier alpha value is -2.85. The summed E-state index contributed by atoms with van der Waals surface area (Å²) in [5.41, 5.74) is 4.73. The average Bonchev–Trinajstić information content (AvgIpc) is 2.65. The fourth-order valence-electron chi connectivity index (χ4n) is 2.36. The smallest absolute Gasteiger partial charge is 0.0398 e. The molecule has 0 saturated heterocycles. The van der Waals surface area contributed by atoms with Gasteiger partial charge in [-0.3, -0.25) is 4.99 Å². The molecule has 1 heteroatoms. The zero-order chi connectivity index (χ0) is 17.7. The summed E-state index contributed by atoms with van der Waals surface area (Å²) in [4.78, 5) is 4.38. The molecule has 0 aromatic heterocycles. The van der Waals surface area contributed by atoms with Crippen LogP contribution < -0.4 is 0 Å². The fourth-order valence-corrected chi connectivity index (χ4v) is 2.36. The number of benzene rings is 2. The van der Waals surface area contributed by atoms with Crippen molar-refractivity contribution in [1.29, 1.82) is 0 Å². The maximum absolute atomic E-state index is 4.38. The van der Waals surface area contributed by atoms with Gasteiger partial charge in [-0.15, -0.1) is 0 Å². The van der Waals surface area contributed by atoms with Gasteiger partial charge >= 0.3 is 0 Å². The van der Waals surface area contributed by atoms with Gasteiger partial charge in [-0.25, -0.2) is 0 Å². The normalized spacial score (nSPS) is 11.7. The van der Waals surface area contributed by atoms with Gasteiger partial charge in [0.2, 0.25) is 0 Å². The van der Waals surface area contributed by atoms with E-state index in [4.69, 9.17) is 0 Å². The summed E-state index contributed by atoms with van der Waals surface area (Å²) in [5, 5.41) is 0. The highest BCUT2D eigenvalue weighted by atomic mass is 14.7. The van der Waals surface area contributed by atoms with Crippen molar-refractivity contribution < 1.29 is 0 Å². The Balaban J connectivity index is 1.76. The maximum atomic E-state index is 4.38. The molecule has 0 fully saturated rings. The largest absolute Gasteiger partial charge is 0.293 e. The van der Waals surface area contributed by atoms with E-state index in [1.54, 1.807) is 0 Å². The molecule has 1 nitrogen and oxygen atoms in total. The molecule has 0 N–H and O–H groups in total. The van der Waals surface area contributed by atoms with Gasteiger partial charge < -0.3 is 0 Å². The Morgan fingerprint density at radius 3 is 2.44 bits per heavy atom. The topological polar surface area (TPSA) is 12.4 Å². The van der Waals surface area contributed by atoms with E-state index >= 15 is 0 Å². The molecule has 0 aliphatic carbocycles. The van der Waals surface area contributed by atoms with Crippen LogP contribution in [0.1, 0.15) is 32.3 Å². The fraction of sp³-hybridized carbons (Fsp3) is 0.208. The molecule has 0 saturated carbocycles. The SMILES string of the molecule is C\C=C/C(C)=C\C=N\CCCC#Cc1ccc(-c2ccccc2)cc1. The lowest BCUT2D eigenvalue weighted by Gasteiger charge is -2.00. The van der Waals surface area contributed by atoms with E-state index in [0.29, 0.717) is 0 Å². The van der Waals surface area contributed by atoms with E-state index in [2.05, 4.69) is 78.4 Å². The van der Waals surface area contributed by atoms with E-state index in [-0.39, 0.29) is 0 Å². The van der Waals surface area contributed by atoms with Crippen molar-refractivity contribution in [1.82, 2.24) is 0 Å². The molecule has 126 valence electrons. The van der Waals surface area contributed by atoms with Crippen molar-refractivity contribution in [2.45, 2.75) is 26.7 Å². The van der Waals surface area contributed by atoms with Crippen LogP contribution in [0.15, 0.2) is 83.4 Å². The van der Waals surface area contributed by atoms with Gasteiger partial charge in [0.15, 0.2) is 0 Å². The monoisotopic (exact) mass is 327 g/mol. The second kappa shape index (κ2) is 10.8. The van der Waals surface area contributed by atoms with Crippen LogP contribution in [-0.4, -0.2) is 12.8 Å². The predicted molar refractivity (Wildman–Crippen MR) is 110 cm³/mol. The molecular formula is C24H25N. The van der Waals surface area contributed by atoms with Crippen LogP contribution in [0.25, 0.3) is 11.1 Å². The third-order valence-corrected chi connectivity index (χ3v) is 3.69. The Morgan fingerprint density at radius 1 is 1.00 bits per heavy atom. The molecule has 0 amide bonds. The van der Waals surface area contributed by atoms with Crippen LogP contribution in [0.2, 0.25) is 0 Å². The molecule has 0 aliphatic rings. The quantitative estimate of drug-likeness (QED) is 0.264. The first-order valence-corrected chi connectivity index (χ1v) is 8.73. The van der Waals surface area contributed by atoms with Crippen LogP contribution in [0, 0.1) is 11.8 Å². The zero-order valence-electron chi connectivity index (χ0n) is 15.1. The number of aliphatic imine (C=N–C) groups is 1. The minimum absolute atomic E-state index is 0.821. The van der Waals surface area contributed by atoms with Crippen molar-refractivity contribution in [3.05, 3.63) is 84.0 Å². The Bertz CT molecular complexity index is 781. The highest BCUT2D eigenvalue weighted by Gasteiger charge is 1.95.